The third kappa shape index (κ3) is 3.82. The Hall–Kier alpha value is -2.20. The number of carbonyl (C=O) groups is 1. The molecule has 0 saturated carbocycles. The van der Waals surface area contributed by atoms with Crippen molar-refractivity contribution in [1.82, 2.24) is 0 Å². The van der Waals surface area contributed by atoms with Crippen molar-refractivity contribution >= 4 is 34.7 Å². The molecule has 2 N–H and O–H groups in total. The number of benzene rings is 2. The molecule has 2 amide bonds. The van der Waals surface area contributed by atoms with Crippen molar-refractivity contribution in [3.05, 3.63) is 52.5 Å². The summed E-state index contributed by atoms with van der Waals surface area (Å²) in [6.07, 6.45) is 2.50. The number of hydrogen-bond donors (Lipinski definition) is 2. The van der Waals surface area contributed by atoms with E-state index < -0.39 is 0 Å². The number of anilines is 3. The van der Waals surface area contributed by atoms with E-state index in [-0.39, 0.29) is 6.03 Å². The highest BCUT2D eigenvalue weighted by molar-refractivity contribution is 6.34. The maximum atomic E-state index is 12.2. The smallest absolute Gasteiger partial charge is 0.323 e. The molecule has 0 atom stereocenters. The van der Waals surface area contributed by atoms with E-state index >= 15 is 0 Å². The second kappa shape index (κ2) is 7.14. The molecule has 24 heavy (non-hydrogen) atoms. The number of halogens is 1. The van der Waals surface area contributed by atoms with Crippen LogP contribution in [0.3, 0.4) is 0 Å². The molecule has 2 aromatic rings. The predicted octanol–water partition coefficient (Wildman–Crippen LogP) is 5.20. The number of nitrogens with one attached hydrogen (secondary N) is 2. The summed E-state index contributed by atoms with van der Waals surface area (Å²) in [6.45, 7) is 6.13. The first kappa shape index (κ1) is 16.7. The predicted molar refractivity (Wildman–Crippen MR) is 101 cm³/mol. The van der Waals surface area contributed by atoms with Gasteiger partial charge < -0.3 is 15.5 Å². The van der Waals surface area contributed by atoms with Crippen LogP contribution in [0.1, 0.15) is 24.0 Å². The molecule has 5 heteroatoms. The lowest BCUT2D eigenvalue weighted by atomic mass is 10.1. The van der Waals surface area contributed by atoms with Crippen LogP contribution in [0.4, 0.5) is 21.9 Å². The Bertz CT molecular complexity index is 714. The van der Waals surface area contributed by atoms with Crippen molar-refractivity contribution < 1.29 is 4.79 Å². The van der Waals surface area contributed by atoms with Crippen molar-refractivity contribution in [2.24, 2.45) is 0 Å². The molecule has 1 fully saturated rings. The summed E-state index contributed by atoms with van der Waals surface area (Å²) < 4.78 is 0. The van der Waals surface area contributed by atoms with Gasteiger partial charge in [-0.3, -0.25) is 0 Å². The molecule has 126 valence electrons. The minimum absolute atomic E-state index is 0.294. The van der Waals surface area contributed by atoms with Gasteiger partial charge in [-0.05, 0) is 68.1 Å². The van der Waals surface area contributed by atoms with Gasteiger partial charge in [-0.25, -0.2) is 4.79 Å². The van der Waals surface area contributed by atoms with Gasteiger partial charge in [0.15, 0.2) is 0 Å². The van der Waals surface area contributed by atoms with E-state index in [2.05, 4.69) is 15.5 Å². The van der Waals surface area contributed by atoms with E-state index in [0.29, 0.717) is 10.7 Å². The lowest BCUT2D eigenvalue weighted by molar-refractivity contribution is 0.262. The Morgan fingerprint density at radius 2 is 1.71 bits per heavy atom. The number of urea groups is 1. The van der Waals surface area contributed by atoms with Crippen LogP contribution in [0.2, 0.25) is 5.02 Å². The molecule has 0 aliphatic carbocycles. The second-order valence-electron chi connectivity index (χ2n) is 6.26. The summed E-state index contributed by atoms with van der Waals surface area (Å²) in [6, 6.07) is 11.5. The molecule has 0 unspecified atom stereocenters. The zero-order valence-corrected chi connectivity index (χ0v) is 14.8. The number of nitrogens with zero attached hydrogens (tertiary/aromatic N) is 1. The van der Waals surface area contributed by atoms with Crippen molar-refractivity contribution in [3.63, 3.8) is 0 Å². The first-order valence-corrected chi connectivity index (χ1v) is 8.60. The zero-order chi connectivity index (χ0) is 17.1. The Kier molecular flexibility index (Phi) is 4.95. The molecule has 4 nitrogen and oxygen atoms in total. The molecule has 1 aliphatic heterocycles. The highest BCUT2D eigenvalue weighted by Gasteiger charge is 2.13. The summed E-state index contributed by atoms with van der Waals surface area (Å²) in [7, 11) is 0. The summed E-state index contributed by atoms with van der Waals surface area (Å²) in [5.41, 5.74) is 4.63. The monoisotopic (exact) mass is 343 g/mol. The molecule has 1 heterocycles. The van der Waals surface area contributed by atoms with Crippen molar-refractivity contribution in [2.45, 2.75) is 26.7 Å². The van der Waals surface area contributed by atoms with E-state index in [0.717, 1.165) is 29.9 Å². The van der Waals surface area contributed by atoms with Crippen LogP contribution in [0.15, 0.2) is 36.4 Å². The van der Waals surface area contributed by atoms with E-state index in [9.17, 15) is 4.79 Å². The van der Waals surface area contributed by atoms with Crippen LogP contribution < -0.4 is 15.5 Å². The van der Waals surface area contributed by atoms with Gasteiger partial charge >= 0.3 is 6.03 Å². The van der Waals surface area contributed by atoms with E-state index in [1.54, 1.807) is 0 Å². The summed E-state index contributed by atoms with van der Waals surface area (Å²) >= 11 is 6.23. The number of carbonyl (C=O) groups excluding carboxylic acids is 1. The standard InChI is InChI=1S/C19H22ClN3O/c1-13-11-14(2)18(17(20)12-13)22-19(24)21-15-5-7-16(8-6-15)23-9-3-4-10-23/h5-8,11-12H,3-4,9-10H2,1-2H3,(H2,21,22,24). The fourth-order valence-electron chi connectivity index (χ4n) is 3.08. The largest absolute Gasteiger partial charge is 0.372 e. The first-order chi connectivity index (χ1) is 11.5. The Balaban J connectivity index is 1.64. The van der Waals surface area contributed by atoms with Crippen molar-refractivity contribution in [2.75, 3.05) is 28.6 Å². The topological polar surface area (TPSA) is 44.4 Å². The van der Waals surface area contributed by atoms with Gasteiger partial charge in [-0.2, -0.15) is 0 Å². The molecular formula is C19H22ClN3O. The van der Waals surface area contributed by atoms with E-state index in [4.69, 9.17) is 11.6 Å². The average Bonchev–Trinajstić information content (AvgIpc) is 3.06. The zero-order valence-electron chi connectivity index (χ0n) is 14.0. The minimum atomic E-state index is -0.294. The SMILES string of the molecule is Cc1cc(C)c(NC(=O)Nc2ccc(N3CCCC3)cc2)c(Cl)c1. The molecule has 2 aromatic carbocycles. The molecule has 0 bridgehead atoms. The van der Waals surface area contributed by atoms with Crippen LogP contribution in [-0.4, -0.2) is 19.1 Å². The van der Waals surface area contributed by atoms with Crippen molar-refractivity contribution in [3.8, 4) is 0 Å². The average molecular weight is 344 g/mol. The fourth-order valence-corrected chi connectivity index (χ4v) is 3.45. The van der Waals surface area contributed by atoms with E-state index in [1.807, 2.05) is 50.2 Å². The van der Waals surface area contributed by atoms with Crippen LogP contribution in [-0.2, 0) is 0 Å². The molecular weight excluding hydrogens is 322 g/mol. The highest BCUT2D eigenvalue weighted by Crippen LogP contribution is 2.27. The summed E-state index contributed by atoms with van der Waals surface area (Å²) in [5, 5.41) is 6.23. The maximum Gasteiger partial charge on any atom is 0.323 e. The maximum absolute atomic E-state index is 12.2. The van der Waals surface area contributed by atoms with Gasteiger partial charge in [0.2, 0.25) is 0 Å². The third-order valence-electron chi connectivity index (χ3n) is 4.27. The summed E-state index contributed by atoms with van der Waals surface area (Å²) in [5.74, 6) is 0. The number of aryl methyl sites for hydroxylation is 2. The van der Waals surface area contributed by atoms with Gasteiger partial charge in [0.05, 0.1) is 10.7 Å². The minimum Gasteiger partial charge on any atom is -0.372 e. The van der Waals surface area contributed by atoms with Crippen LogP contribution in [0.25, 0.3) is 0 Å². The van der Waals surface area contributed by atoms with Crippen LogP contribution in [0, 0.1) is 13.8 Å². The van der Waals surface area contributed by atoms with Gasteiger partial charge in [0.25, 0.3) is 0 Å². The molecule has 0 spiro atoms. The van der Waals surface area contributed by atoms with Gasteiger partial charge in [-0.15, -0.1) is 0 Å². The normalized spacial score (nSPS) is 13.9. The second-order valence-corrected chi connectivity index (χ2v) is 6.67. The molecule has 1 aliphatic rings. The van der Waals surface area contributed by atoms with Gasteiger partial charge in [0, 0.05) is 24.5 Å². The van der Waals surface area contributed by atoms with Crippen molar-refractivity contribution in [1.29, 1.82) is 0 Å². The Morgan fingerprint density at radius 1 is 1.04 bits per heavy atom. The number of hydrogen-bond acceptors (Lipinski definition) is 2. The fraction of sp³-hybridized carbons (Fsp3) is 0.316. The molecule has 3 rings (SSSR count). The molecule has 0 aromatic heterocycles. The van der Waals surface area contributed by atoms with Gasteiger partial charge in [0.1, 0.15) is 0 Å². The molecule has 1 saturated heterocycles. The number of rotatable bonds is 3. The highest BCUT2D eigenvalue weighted by atomic mass is 35.5. The first-order valence-electron chi connectivity index (χ1n) is 8.23. The van der Waals surface area contributed by atoms with Gasteiger partial charge in [-0.1, -0.05) is 17.7 Å². The van der Waals surface area contributed by atoms with E-state index in [1.165, 1.54) is 18.5 Å². The number of amides is 2. The lowest BCUT2D eigenvalue weighted by Crippen LogP contribution is -2.20. The summed E-state index contributed by atoms with van der Waals surface area (Å²) in [4.78, 5) is 14.6. The van der Waals surface area contributed by atoms with Crippen LogP contribution in [0.5, 0.6) is 0 Å². The quantitative estimate of drug-likeness (QED) is 0.804. The lowest BCUT2D eigenvalue weighted by Gasteiger charge is -2.18. The van der Waals surface area contributed by atoms with Crippen LogP contribution >= 0.6 is 11.6 Å². The third-order valence-corrected chi connectivity index (χ3v) is 4.56. The Morgan fingerprint density at radius 3 is 2.33 bits per heavy atom. The Labute approximate surface area is 147 Å². The molecule has 0 radical (unpaired) electrons.